The molecule has 3 heteroatoms. The number of rotatable bonds is 9. The Kier molecular flexibility index (Phi) is 8.31. The van der Waals surface area contributed by atoms with Crippen molar-refractivity contribution in [1.82, 2.24) is 0 Å². The smallest absolute Gasteiger partial charge is 0.129 e. The van der Waals surface area contributed by atoms with Crippen LogP contribution in [0.1, 0.15) is 57.6 Å². The van der Waals surface area contributed by atoms with Gasteiger partial charge in [0.25, 0.3) is 0 Å². The second-order valence-electron chi connectivity index (χ2n) is 4.96. The van der Waals surface area contributed by atoms with Gasteiger partial charge in [0.05, 0.1) is 12.2 Å². The third-order valence-corrected chi connectivity index (χ3v) is 3.84. The lowest BCUT2D eigenvalue weighted by atomic mass is 10.1. The third-order valence-electron chi connectivity index (χ3n) is 3.25. The predicted molar refractivity (Wildman–Crippen MR) is 82.2 cm³/mol. The van der Waals surface area contributed by atoms with Crippen LogP contribution in [0.2, 0.25) is 0 Å². The van der Waals surface area contributed by atoms with Gasteiger partial charge in [-0.1, -0.05) is 66.7 Å². The SMILES string of the molecule is CCCCCCC(C)OC(CBr)c1ccccc1F. The highest BCUT2D eigenvalue weighted by molar-refractivity contribution is 9.09. The summed E-state index contributed by atoms with van der Waals surface area (Å²) in [5.41, 5.74) is 0.639. The molecule has 0 spiro atoms. The van der Waals surface area contributed by atoms with Crippen LogP contribution in [0.3, 0.4) is 0 Å². The number of ether oxygens (including phenoxy) is 1. The van der Waals surface area contributed by atoms with Crippen LogP contribution in [-0.4, -0.2) is 11.4 Å². The van der Waals surface area contributed by atoms with Gasteiger partial charge in [-0.25, -0.2) is 4.39 Å². The van der Waals surface area contributed by atoms with Crippen LogP contribution in [0.15, 0.2) is 24.3 Å². The lowest BCUT2D eigenvalue weighted by molar-refractivity contribution is 0.00324. The van der Waals surface area contributed by atoms with E-state index in [2.05, 4.69) is 29.8 Å². The van der Waals surface area contributed by atoms with E-state index in [1.165, 1.54) is 31.7 Å². The molecule has 19 heavy (non-hydrogen) atoms. The molecule has 108 valence electrons. The van der Waals surface area contributed by atoms with Crippen molar-refractivity contribution >= 4 is 15.9 Å². The number of unbranched alkanes of at least 4 members (excludes halogenated alkanes) is 3. The zero-order valence-electron chi connectivity index (χ0n) is 11.9. The second-order valence-corrected chi connectivity index (χ2v) is 5.61. The fourth-order valence-corrected chi connectivity index (χ4v) is 2.64. The van der Waals surface area contributed by atoms with Crippen LogP contribution in [-0.2, 0) is 4.74 Å². The first-order valence-corrected chi connectivity index (χ1v) is 8.27. The average Bonchev–Trinajstić information content (AvgIpc) is 2.42. The molecule has 0 aromatic heterocycles. The van der Waals surface area contributed by atoms with Crippen LogP contribution >= 0.6 is 15.9 Å². The molecule has 0 aliphatic heterocycles. The van der Waals surface area contributed by atoms with Crippen LogP contribution in [0.4, 0.5) is 4.39 Å². The topological polar surface area (TPSA) is 9.23 Å². The zero-order chi connectivity index (χ0) is 14.1. The summed E-state index contributed by atoms with van der Waals surface area (Å²) in [4.78, 5) is 0. The van der Waals surface area contributed by atoms with Crippen LogP contribution in [0.5, 0.6) is 0 Å². The van der Waals surface area contributed by atoms with Gasteiger partial charge < -0.3 is 4.74 Å². The van der Waals surface area contributed by atoms with Gasteiger partial charge in [0, 0.05) is 10.9 Å². The van der Waals surface area contributed by atoms with E-state index in [0.29, 0.717) is 10.9 Å². The fourth-order valence-electron chi connectivity index (χ4n) is 2.14. The van der Waals surface area contributed by atoms with Crippen molar-refractivity contribution < 1.29 is 9.13 Å². The van der Waals surface area contributed by atoms with E-state index in [-0.39, 0.29) is 18.0 Å². The summed E-state index contributed by atoms with van der Waals surface area (Å²) in [5, 5.41) is 0.618. The van der Waals surface area contributed by atoms with Gasteiger partial charge in [0.2, 0.25) is 0 Å². The first-order valence-electron chi connectivity index (χ1n) is 7.14. The Balaban J connectivity index is 2.46. The minimum Gasteiger partial charge on any atom is -0.370 e. The summed E-state index contributed by atoms with van der Waals surface area (Å²) < 4.78 is 19.7. The van der Waals surface area contributed by atoms with E-state index in [0.717, 1.165) is 6.42 Å². The lowest BCUT2D eigenvalue weighted by Crippen LogP contribution is -2.16. The molecular formula is C16H24BrFO. The van der Waals surface area contributed by atoms with Gasteiger partial charge in [-0.3, -0.25) is 0 Å². The molecule has 0 bridgehead atoms. The first kappa shape index (κ1) is 16.6. The molecule has 2 atom stereocenters. The largest absolute Gasteiger partial charge is 0.370 e. The molecule has 0 saturated carbocycles. The van der Waals surface area contributed by atoms with Crippen molar-refractivity contribution in [3.8, 4) is 0 Å². The Morgan fingerprint density at radius 3 is 2.58 bits per heavy atom. The van der Waals surface area contributed by atoms with Crippen LogP contribution < -0.4 is 0 Å². The molecule has 1 aromatic carbocycles. The standard InChI is InChI=1S/C16H24BrFO/c1-3-4-5-6-9-13(2)19-16(12-17)14-10-7-8-11-15(14)18/h7-8,10-11,13,16H,3-6,9,12H2,1-2H3. The van der Waals surface area contributed by atoms with Crippen LogP contribution in [0, 0.1) is 5.82 Å². The number of hydrogen-bond acceptors (Lipinski definition) is 1. The number of halogens is 2. The lowest BCUT2D eigenvalue weighted by Gasteiger charge is -2.21. The number of hydrogen-bond donors (Lipinski definition) is 0. The first-order chi connectivity index (χ1) is 9.19. The van der Waals surface area contributed by atoms with Gasteiger partial charge in [0.15, 0.2) is 0 Å². The number of benzene rings is 1. The Morgan fingerprint density at radius 1 is 1.21 bits per heavy atom. The second kappa shape index (κ2) is 9.49. The Bertz CT molecular complexity index is 356. The Labute approximate surface area is 124 Å². The van der Waals surface area contributed by atoms with Gasteiger partial charge in [-0.05, 0) is 19.4 Å². The van der Waals surface area contributed by atoms with Gasteiger partial charge in [-0.2, -0.15) is 0 Å². The monoisotopic (exact) mass is 330 g/mol. The molecular weight excluding hydrogens is 307 g/mol. The Morgan fingerprint density at radius 2 is 1.95 bits per heavy atom. The maximum atomic E-state index is 13.7. The minimum atomic E-state index is -0.206. The molecule has 0 heterocycles. The maximum Gasteiger partial charge on any atom is 0.129 e. The summed E-state index contributed by atoms with van der Waals surface area (Å²) in [6.07, 6.45) is 5.96. The molecule has 0 radical (unpaired) electrons. The molecule has 0 amide bonds. The average molecular weight is 331 g/mol. The van der Waals surface area contributed by atoms with Crippen molar-refractivity contribution in [2.45, 2.75) is 58.2 Å². The highest BCUT2D eigenvalue weighted by Gasteiger charge is 2.17. The third kappa shape index (κ3) is 6.05. The summed E-state index contributed by atoms with van der Waals surface area (Å²) in [7, 11) is 0. The van der Waals surface area contributed by atoms with E-state index in [1.807, 2.05) is 6.07 Å². The Hall–Kier alpha value is -0.410. The molecule has 0 saturated heterocycles. The summed E-state index contributed by atoms with van der Waals surface area (Å²) >= 11 is 3.42. The molecule has 0 aliphatic carbocycles. The van der Waals surface area contributed by atoms with Crippen molar-refractivity contribution in [2.24, 2.45) is 0 Å². The van der Waals surface area contributed by atoms with Crippen molar-refractivity contribution in [3.05, 3.63) is 35.6 Å². The summed E-state index contributed by atoms with van der Waals surface area (Å²) in [5.74, 6) is -0.190. The molecule has 0 fully saturated rings. The number of alkyl halides is 1. The van der Waals surface area contributed by atoms with E-state index < -0.39 is 0 Å². The minimum absolute atomic E-state index is 0.166. The van der Waals surface area contributed by atoms with Gasteiger partial charge in [0.1, 0.15) is 5.82 Å². The van der Waals surface area contributed by atoms with Gasteiger partial charge >= 0.3 is 0 Å². The predicted octanol–water partition coefficient (Wildman–Crippen LogP) is 5.64. The summed E-state index contributed by atoms with van der Waals surface area (Å²) in [6, 6.07) is 6.84. The fraction of sp³-hybridized carbons (Fsp3) is 0.625. The molecule has 0 N–H and O–H groups in total. The molecule has 2 unspecified atom stereocenters. The zero-order valence-corrected chi connectivity index (χ0v) is 13.5. The molecule has 0 aliphatic rings. The van der Waals surface area contributed by atoms with Crippen molar-refractivity contribution in [2.75, 3.05) is 5.33 Å². The molecule has 1 rings (SSSR count). The highest BCUT2D eigenvalue weighted by atomic mass is 79.9. The normalized spacial score (nSPS) is 14.3. The molecule has 1 nitrogen and oxygen atoms in total. The summed E-state index contributed by atoms with van der Waals surface area (Å²) in [6.45, 7) is 4.28. The highest BCUT2D eigenvalue weighted by Crippen LogP contribution is 2.25. The van der Waals surface area contributed by atoms with E-state index in [9.17, 15) is 4.39 Å². The van der Waals surface area contributed by atoms with Crippen molar-refractivity contribution in [1.29, 1.82) is 0 Å². The van der Waals surface area contributed by atoms with E-state index >= 15 is 0 Å². The van der Waals surface area contributed by atoms with E-state index in [1.54, 1.807) is 12.1 Å². The van der Waals surface area contributed by atoms with Gasteiger partial charge in [-0.15, -0.1) is 0 Å². The van der Waals surface area contributed by atoms with E-state index in [4.69, 9.17) is 4.74 Å². The van der Waals surface area contributed by atoms with Crippen molar-refractivity contribution in [3.63, 3.8) is 0 Å². The van der Waals surface area contributed by atoms with Crippen LogP contribution in [0.25, 0.3) is 0 Å². The molecule has 1 aromatic rings. The maximum absolute atomic E-state index is 13.7. The quantitative estimate of drug-likeness (QED) is 0.420.